The zero-order chi connectivity index (χ0) is 24.0. The molecule has 0 saturated carbocycles. The summed E-state index contributed by atoms with van der Waals surface area (Å²) in [5.41, 5.74) is 2.15. The summed E-state index contributed by atoms with van der Waals surface area (Å²) < 4.78 is 19.6. The van der Waals surface area contributed by atoms with E-state index in [9.17, 15) is 19.1 Å². The lowest BCUT2D eigenvalue weighted by Crippen LogP contribution is -2.40. The molecule has 2 amide bonds. The predicted molar refractivity (Wildman–Crippen MR) is 128 cm³/mol. The third-order valence-electron chi connectivity index (χ3n) is 5.78. The van der Waals surface area contributed by atoms with E-state index in [-0.39, 0.29) is 29.1 Å². The number of carboxylic acids is 1. The van der Waals surface area contributed by atoms with Crippen LogP contribution in [-0.2, 0) is 9.53 Å². The minimum absolute atomic E-state index is 0.00521. The average Bonchev–Trinajstić information content (AvgIpc) is 2.77. The van der Waals surface area contributed by atoms with Gasteiger partial charge in [0.25, 0.3) is 0 Å². The highest BCUT2D eigenvalue weighted by Crippen LogP contribution is 2.34. The molecule has 2 aromatic carbocycles. The minimum Gasteiger partial charge on any atom is -0.481 e. The molecule has 0 aromatic heterocycles. The molecule has 3 N–H and O–H groups in total. The number of anilines is 3. The number of hydrogen-bond donors (Lipinski definition) is 3. The molecule has 0 unspecified atom stereocenters. The van der Waals surface area contributed by atoms with Crippen LogP contribution in [0.1, 0.15) is 44.6 Å². The highest BCUT2D eigenvalue weighted by atomic mass is 35.5. The van der Waals surface area contributed by atoms with Crippen LogP contribution in [0, 0.1) is 5.82 Å². The molecular weight excluding hydrogens is 449 g/mol. The quantitative estimate of drug-likeness (QED) is 0.453. The van der Waals surface area contributed by atoms with Gasteiger partial charge in [-0.15, -0.1) is 0 Å². The summed E-state index contributed by atoms with van der Waals surface area (Å²) in [4.78, 5) is 26.2. The second kappa shape index (κ2) is 11.3. The lowest BCUT2D eigenvalue weighted by molar-refractivity contribution is -0.137. The van der Waals surface area contributed by atoms with Crippen LogP contribution in [0.4, 0.5) is 26.2 Å². The Hall–Kier alpha value is -2.84. The number of hydrogen-bond acceptors (Lipinski definition) is 4. The topological polar surface area (TPSA) is 90.9 Å². The summed E-state index contributed by atoms with van der Waals surface area (Å²) >= 11 is 5.79. The first kappa shape index (κ1) is 24.8. The first-order chi connectivity index (χ1) is 15.8. The van der Waals surface area contributed by atoms with Gasteiger partial charge in [-0.3, -0.25) is 4.79 Å². The third-order valence-corrected chi connectivity index (χ3v) is 6.01. The standard InChI is InChI=1S/C24H29ClFN3O4/c1-3-29(18-8-10-33-11-9-18)22-7-4-16(15(2)12-23(30)31)13-21(22)28-24(32)27-20-6-5-17(25)14-19(20)26/h4-7,13-15,18H,3,8-12H2,1-2H3,(H,30,31)(H2,27,28,32)/t15-/m0/s1. The van der Waals surface area contributed by atoms with E-state index in [0.717, 1.165) is 36.7 Å². The van der Waals surface area contributed by atoms with Crippen LogP contribution in [-0.4, -0.2) is 42.9 Å². The number of nitrogens with zero attached hydrogens (tertiary/aromatic N) is 1. The summed E-state index contributed by atoms with van der Waals surface area (Å²) in [6.07, 6.45) is 1.71. The number of carbonyl (C=O) groups excluding carboxylic acids is 1. The Morgan fingerprint density at radius 1 is 1.18 bits per heavy atom. The fourth-order valence-corrected chi connectivity index (χ4v) is 4.24. The van der Waals surface area contributed by atoms with Crippen LogP contribution < -0.4 is 15.5 Å². The van der Waals surface area contributed by atoms with E-state index >= 15 is 0 Å². The highest BCUT2D eigenvalue weighted by molar-refractivity contribution is 6.30. The summed E-state index contributed by atoms with van der Waals surface area (Å²) in [6.45, 7) is 5.94. The van der Waals surface area contributed by atoms with E-state index in [1.54, 1.807) is 6.07 Å². The number of aliphatic carboxylic acids is 1. The number of halogens is 2. The molecule has 2 aromatic rings. The number of carboxylic acid groups (broad SMARTS) is 1. The van der Waals surface area contributed by atoms with Crippen molar-refractivity contribution < 1.29 is 23.8 Å². The molecule has 33 heavy (non-hydrogen) atoms. The largest absolute Gasteiger partial charge is 0.481 e. The van der Waals surface area contributed by atoms with Gasteiger partial charge in [-0.05, 0) is 61.6 Å². The second-order valence-corrected chi connectivity index (χ2v) is 8.54. The van der Waals surface area contributed by atoms with Crippen LogP contribution in [0.2, 0.25) is 5.02 Å². The minimum atomic E-state index is -0.894. The fourth-order valence-electron chi connectivity index (χ4n) is 4.08. The number of urea groups is 1. The Kier molecular flexibility index (Phi) is 8.52. The molecule has 1 aliphatic heterocycles. The molecule has 0 radical (unpaired) electrons. The molecule has 9 heteroatoms. The number of carbonyl (C=O) groups is 2. The van der Waals surface area contributed by atoms with Gasteiger partial charge in [0.2, 0.25) is 0 Å². The second-order valence-electron chi connectivity index (χ2n) is 8.11. The number of benzene rings is 2. The molecule has 3 rings (SSSR count). The van der Waals surface area contributed by atoms with Gasteiger partial charge in [-0.2, -0.15) is 0 Å². The van der Waals surface area contributed by atoms with Gasteiger partial charge in [-0.25, -0.2) is 9.18 Å². The van der Waals surface area contributed by atoms with Crippen molar-refractivity contribution in [2.45, 2.75) is 45.1 Å². The number of nitrogens with one attached hydrogen (secondary N) is 2. The van der Waals surface area contributed by atoms with Crippen molar-refractivity contribution in [3.63, 3.8) is 0 Å². The van der Waals surface area contributed by atoms with Crippen LogP contribution >= 0.6 is 11.6 Å². The van der Waals surface area contributed by atoms with Gasteiger partial charge in [-0.1, -0.05) is 24.6 Å². The van der Waals surface area contributed by atoms with Crippen molar-refractivity contribution in [2.75, 3.05) is 35.3 Å². The van der Waals surface area contributed by atoms with Gasteiger partial charge in [0.1, 0.15) is 5.82 Å². The Morgan fingerprint density at radius 2 is 1.88 bits per heavy atom. The van der Waals surface area contributed by atoms with Crippen molar-refractivity contribution in [3.05, 3.63) is 52.8 Å². The molecule has 7 nitrogen and oxygen atoms in total. The van der Waals surface area contributed by atoms with E-state index in [4.69, 9.17) is 16.3 Å². The molecule has 1 fully saturated rings. The summed E-state index contributed by atoms with van der Waals surface area (Å²) in [5.74, 6) is -1.78. The molecule has 178 valence electrons. The number of amides is 2. The summed E-state index contributed by atoms with van der Waals surface area (Å²) in [6, 6.07) is 9.25. The molecule has 0 spiro atoms. The Labute approximate surface area is 197 Å². The normalized spacial score (nSPS) is 15.0. The zero-order valence-corrected chi connectivity index (χ0v) is 19.5. The Morgan fingerprint density at radius 3 is 2.52 bits per heavy atom. The first-order valence-corrected chi connectivity index (χ1v) is 11.4. The monoisotopic (exact) mass is 477 g/mol. The molecule has 1 saturated heterocycles. The van der Waals surface area contributed by atoms with Crippen molar-refractivity contribution >= 4 is 40.7 Å². The third kappa shape index (κ3) is 6.58. The molecule has 1 atom stereocenters. The van der Waals surface area contributed by atoms with Crippen LogP contribution in [0.3, 0.4) is 0 Å². The maximum absolute atomic E-state index is 14.1. The lowest BCUT2D eigenvalue weighted by atomic mass is 9.96. The SMILES string of the molecule is CCN(c1ccc([C@@H](C)CC(=O)O)cc1NC(=O)Nc1ccc(Cl)cc1F)C1CCOCC1. The van der Waals surface area contributed by atoms with E-state index < -0.39 is 17.8 Å². The zero-order valence-electron chi connectivity index (χ0n) is 18.7. The van der Waals surface area contributed by atoms with Gasteiger partial charge >= 0.3 is 12.0 Å². The van der Waals surface area contributed by atoms with E-state index in [0.29, 0.717) is 18.9 Å². The maximum Gasteiger partial charge on any atom is 0.323 e. The van der Waals surface area contributed by atoms with E-state index in [1.165, 1.54) is 12.1 Å². The number of rotatable bonds is 8. The van der Waals surface area contributed by atoms with Gasteiger partial charge in [0.15, 0.2) is 0 Å². The van der Waals surface area contributed by atoms with E-state index in [2.05, 4.69) is 15.5 Å². The van der Waals surface area contributed by atoms with Crippen molar-refractivity contribution in [1.82, 2.24) is 0 Å². The molecule has 0 aliphatic carbocycles. The Bertz CT molecular complexity index is 998. The van der Waals surface area contributed by atoms with Crippen LogP contribution in [0.15, 0.2) is 36.4 Å². The summed E-state index contributed by atoms with van der Waals surface area (Å²) in [5, 5.41) is 14.8. The van der Waals surface area contributed by atoms with E-state index in [1.807, 2.05) is 26.0 Å². The fraction of sp³-hybridized carbons (Fsp3) is 0.417. The molecule has 0 bridgehead atoms. The highest BCUT2D eigenvalue weighted by Gasteiger charge is 2.24. The van der Waals surface area contributed by atoms with Crippen molar-refractivity contribution in [3.8, 4) is 0 Å². The molecular formula is C24H29ClFN3O4. The number of ether oxygens (including phenoxy) is 1. The predicted octanol–water partition coefficient (Wildman–Crippen LogP) is 5.71. The molecule has 1 aliphatic rings. The summed E-state index contributed by atoms with van der Waals surface area (Å²) in [7, 11) is 0. The van der Waals surface area contributed by atoms with Gasteiger partial charge in [0.05, 0.1) is 23.5 Å². The van der Waals surface area contributed by atoms with Crippen molar-refractivity contribution in [1.29, 1.82) is 0 Å². The average molecular weight is 478 g/mol. The lowest BCUT2D eigenvalue weighted by Gasteiger charge is -2.36. The van der Waals surface area contributed by atoms with Crippen LogP contribution in [0.25, 0.3) is 0 Å². The van der Waals surface area contributed by atoms with Crippen LogP contribution in [0.5, 0.6) is 0 Å². The van der Waals surface area contributed by atoms with Crippen molar-refractivity contribution in [2.24, 2.45) is 0 Å². The first-order valence-electron chi connectivity index (χ1n) is 11.0. The van der Waals surface area contributed by atoms with Gasteiger partial charge in [0, 0.05) is 30.8 Å². The van der Waals surface area contributed by atoms with Gasteiger partial charge < -0.3 is 25.4 Å². The smallest absolute Gasteiger partial charge is 0.323 e. The Balaban J connectivity index is 1.90. The molecule has 1 heterocycles. The maximum atomic E-state index is 14.1.